The highest BCUT2D eigenvalue weighted by Crippen LogP contribution is 2.38. The molecule has 1 aliphatic heterocycles. The Bertz CT molecular complexity index is 1240. The fourth-order valence-electron chi connectivity index (χ4n) is 4.98. The monoisotopic (exact) mass is 443 g/mol. The summed E-state index contributed by atoms with van der Waals surface area (Å²) in [4.78, 5) is 5.10. The largest absolute Gasteiger partial charge is 0.252 e. The Labute approximate surface area is 204 Å². The Hall–Kier alpha value is -3.45. The summed E-state index contributed by atoms with van der Waals surface area (Å²) in [5.74, 6) is 0.337. The van der Waals surface area contributed by atoms with Crippen LogP contribution in [0.25, 0.3) is 16.7 Å². The topological polar surface area (TPSA) is 12.4 Å². The van der Waals surface area contributed by atoms with E-state index in [2.05, 4.69) is 110 Å². The van der Waals surface area contributed by atoms with Gasteiger partial charge in [0.2, 0.25) is 0 Å². The maximum absolute atomic E-state index is 5.10. The van der Waals surface area contributed by atoms with Gasteiger partial charge < -0.3 is 0 Å². The van der Waals surface area contributed by atoms with Crippen molar-refractivity contribution in [3.05, 3.63) is 126 Å². The number of aliphatic imine (C=N–C) groups is 1. The molecule has 1 heteroatoms. The van der Waals surface area contributed by atoms with Crippen LogP contribution in [-0.2, 0) is 6.42 Å². The minimum absolute atomic E-state index is 0.337. The van der Waals surface area contributed by atoms with Crippen LogP contribution in [0, 0.1) is 5.92 Å². The molecule has 5 rings (SSSR count). The van der Waals surface area contributed by atoms with Gasteiger partial charge in [-0.05, 0) is 65.3 Å². The molecule has 0 spiro atoms. The summed E-state index contributed by atoms with van der Waals surface area (Å²) in [6.45, 7) is 2.27. The van der Waals surface area contributed by atoms with Crippen molar-refractivity contribution >= 4 is 11.3 Å². The van der Waals surface area contributed by atoms with Gasteiger partial charge in [0.1, 0.15) is 0 Å². The molecule has 3 aromatic carbocycles. The molecule has 1 aliphatic carbocycles. The normalized spacial score (nSPS) is 17.0. The lowest BCUT2D eigenvalue weighted by atomic mass is 9.82. The second-order valence-corrected chi connectivity index (χ2v) is 9.36. The molecule has 0 amide bonds. The highest BCUT2D eigenvalue weighted by atomic mass is 14.8. The first-order chi connectivity index (χ1) is 16.8. The number of hydrogen-bond acceptors (Lipinski definition) is 1. The second kappa shape index (κ2) is 10.7. The fraction of sp³-hybridized carbons (Fsp3) is 0.242. The van der Waals surface area contributed by atoms with Crippen molar-refractivity contribution in [2.45, 2.75) is 45.4 Å². The molecule has 0 saturated heterocycles. The fourth-order valence-corrected chi connectivity index (χ4v) is 4.98. The first kappa shape index (κ1) is 22.3. The molecule has 1 atom stereocenters. The van der Waals surface area contributed by atoms with E-state index in [1.54, 1.807) is 0 Å². The smallest absolute Gasteiger partial charge is 0.0708 e. The molecule has 170 valence electrons. The van der Waals surface area contributed by atoms with Gasteiger partial charge in [0.25, 0.3) is 0 Å². The van der Waals surface area contributed by atoms with Gasteiger partial charge in [-0.1, -0.05) is 111 Å². The SMILES string of the molecule is CCCCCCc1ccc(-c2cccc(C3=NC4=CC=CCC4C(c4ccccc4)=C3)c2)cc1. The first-order valence-electron chi connectivity index (χ1n) is 12.7. The number of rotatable bonds is 8. The number of benzene rings is 3. The Kier molecular flexibility index (Phi) is 7.00. The van der Waals surface area contributed by atoms with Crippen LogP contribution in [-0.4, -0.2) is 5.71 Å². The average Bonchev–Trinajstić information content (AvgIpc) is 2.91. The van der Waals surface area contributed by atoms with Gasteiger partial charge in [0.15, 0.2) is 0 Å². The molecule has 1 nitrogen and oxygen atoms in total. The lowest BCUT2D eigenvalue weighted by Crippen LogP contribution is -2.16. The van der Waals surface area contributed by atoms with Gasteiger partial charge in [-0.3, -0.25) is 4.99 Å². The number of aryl methyl sites for hydroxylation is 1. The van der Waals surface area contributed by atoms with Crippen LogP contribution in [0.15, 0.2) is 114 Å². The van der Waals surface area contributed by atoms with Crippen LogP contribution in [0.3, 0.4) is 0 Å². The highest BCUT2D eigenvalue weighted by molar-refractivity contribution is 6.14. The molecule has 0 bridgehead atoms. The molecule has 0 aromatic heterocycles. The van der Waals surface area contributed by atoms with Crippen molar-refractivity contribution in [3.8, 4) is 11.1 Å². The van der Waals surface area contributed by atoms with E-state index in [0.29, 0.717) is 5.92 Å². The van der Waals surface area contributed by atoms with E-state index in [-0.39, 0.29) is 0 Å². The Morgan fingerprint density at radius 3 is 2.38 bits per heavy atom. The zero-order valence-electron chi connectivity index (χ0n) is 20.1. The lowest BCUT2D eigenvalue weighted by Gasteiger charge is -2.27. The van der Waals surface area contributed by atoms with E-state index in [9.17, 15) is 0 Å². The van der Waals surface area contributed by atoms with E-state index in [1.165, 1.54) is 65.5 Å². The molecule has 1 unspecified atom stereocenters. The predicted molar refractivity (Wildman–Crippen MR) is 146 cm³/mol. The van der Waals surface area contributed by atoms with Gasteiger partial charge >= 0.3 is 0 Å². The third-order valence-corrected chi connectivity index (χ3v) is 6.92. The Morgan fingerprint density at radius 1 is 0.765 bits per heavy atom. The molecular weight excluding hydrogens is 410 g/mol. The first-order valence-corrected chi connectivity index (χ1v) is 12.7. The Balaban J connectivity index is 1.42. The molecule has 1 heterocycles. The van der Waals surface area contributed by atoms with Crippen LogP contribution < -0.4 is 0 Å². The maximum atomic E-state index is 5.10. The minimum Gasteiger partial charge on any atom is -0.252 e. The summed E-state index contributed by atoms with van der Waals surface area (Å²) < 4.78 is 0. The van der Waals surface area contributed by atoms with E-state index >= 15 is 0 Å². The molecule has 0 saturated carbocycles. The van der Waals surface area contributed by atoms with Crippen LogP contribution in [0.4, 0.5) is 0 Å². The zero-order chi connectivity index (χ0) is 23.2. The van der Waals surface area contributed by atoms with Crippen molar-refractivity contribution in [3.63, 3.8) is 0 Å². The number of hydrogen-bond donors (Lipinski definition) is 0. The van der Waals surface area contributed by atoms with Crippen molar-refractivity contribution in [1.29, 1.82) is 0 Å². The van der Waals surface area contributed by atoms with Crippen molar-refractivity contribution in [2.24, 2.45) is 10.9 Å². The third-order valence-electron chi connectivity index (χ3n) is 6.92. The summed E-state index contributed by atoms with van der Waals surface area (Å²) in [6.07, 6.45) is 16.3. The van der Waals surface area contributed by atoms with Crippen molar-refractivity contribution in [2.75, 3.05) is 0 Å². The lowest BCUT2D eigenvalue weighted by molar-refractivity contribution is 0.667. The molecule has 3 aromatic rings. The summed E-state index contributed by atoms with van der Waals surface area (Å²) in [5.41, 5.74) is 9.97. The summed E-state index contributed by atoms with van der Waals surface area (Å²) in [5, 5.41) is 0. The van der Waals surface area contributed by atoms with Gasteiger partial charge in [-0.25, -0.2) is 0 Å². The number of nitrogens with zero attached hydrogens (tertiary/aromatic N) is 1. The molecule has 2 aliphatic rings. The molecule has 0 radical (unpaired) electrons. The summed E-state index contributed by atoms with van der Waals surface area (Å²) >= 11 is 0. The number of fused-ring (bicyclic) bond motifs is 1. The van der Waals surface area contributed by atoms with Crippen LogP contribution in [0.2, 0.25) is 0 Å². The predicted octanol–water partition coefficient (Wildman–Crippen LogP) is 8.82. The van der Waals surface area contributed by atoms with Crippen LogP contribution >= 0.6 is 0 Å². The maximum Gasteiger partial charge on any atom is 0.0708 e. The molecule has 0 N–H and O–H groups in total. The van der Waals surface area contributed by atoms with E-state index in [4.69, 9.17) is 4.99 Å². The van der Waals surface area contributed by atoms with Gasteiger partial charge in [0.05, 0.1) is 5.71 Å². The molecule has 0 fully saturated rings. The molecule has 34 heavy (non-hydrogen) atoms. The average molecular weight is 444 g/mol. The van der Waals surface area contributed by atoms with Crippen LogP contribution in [0.5, 0.6) is 0 Å². The number of unbranched alkanes of at least 4 members (excludes halogenated alkanes) is 3. The molecular formula is C33H33N. The van der Waals surface area contributed by atoms with Crippen LogP contribution in [0.1, 0.15) is 55.7 Å². The van der Waals surface area contributed by atoms with Crippen molar-refractivity contribution < 1.29 is 0 Å². The number of dihydropyridines is 1. The quantitative estimate of drug-likeness (QED) is 0.308. The van der Waals surface area contributed by atoms with E-state index in [0.717, 1.165) is 17.8 Å². The van der Waals surface area contributed by atoms with E-state index < -0.39 is 0 Å². The highest BCUT2D eigenvalue weighted by Gasteiger charge is 2.25. The summed E-state index contributed by atoms with van der Waals surface area (Å²) in [6, 6.07) is 28.7. The van der Waals surface area contributed by atoms with Gasteiger partial charge in [0, 0.05) is 17.2 Å². The van der Waals surface area contributed by atoms with Gasteiger partial charge in [-0.15, -0.1) is 0 Å². The van der Waals surface area contributed by atoms with Gasteiger partial charge in [-0.2, -0.15) is 0 Å². The zero-order valence-corrected chi connectivity index (χ0v) is 20.1. The standard InChI is InChI=1S/C33H33N/c1-2-3-4-6-12-25-19-21-26(22-20-25)28-15-11-16-29(23-28)33-24-31(27-13-7-5-8-14-27)30-17-9-10-18-32(30)34-33/h5,7-11,13-16,18-24,30H,2-4,6,12,17H2,1H3. The van der Waals surface area contributed by atoms with Crippen molar-refractivity contribution in [1.82, 2.24) is 0 Å². The van der Waals surface area contributed by atoms with E-state index in [1.807, 2.05) is 0 Å². The number of allylic oxidation sites excluding steroid dienone is 5. The second-order valence-electron chi connectivity index (χ2n) is 9.36. The Morgan fingerprint density at radius 2 is 1.56 bits per heavy atom. The minimum atomic E-state index is 0.337. The summed E-state index contributed by atoms with van der Waals surface area (Å²) in [7, 11) is 0. The third kappa shape index (κ3) is 5.04.